The minimum absolute atomic E-state index is 0.263. The van der Waals surface area contributed by atoms with Crippen molar-refractivity contribution in [3.8, 4) is 0 Å². The maximum absolute atomic E-state index is 13.0. The van der Waals surface area contributed by atoms with Gasteiger partial charge < -0.3 is 20.4 Å². The highest BCUT2D eigenvalue weighted by molar-refractivity contribution is 5.82. The van der Waals surface area contributed by atoms with Crippen LogP contribution in [0.1, 0.15) is 5.56 Å². The molecule has 2 heterocycles. The highest BCUT2D eigenvalue weighted by Gasteiger charge is 2.11. The number of fused-ring (bicyclic) bond motifs is 1. The van der Waals surface area contributed by atoms with Gasteiger partial charge in [0.2, 0.25) is 5.95 Å². The molecule has 3 N–H and O–H groups in total. The maximum atomic E-state index is 13.0. The van der Waals surface area contributed by atoms with Crippen LogP contribution in [-0.4, -0.2) is 39.8 Å². The van der Waals surface area contributed by atoms with E-state index in [0.29, 0.717) is 42.6 Å². The van der Waals surface area contributed by atoms with Gasteiger partial charge >= 0.3 is 0 Å². The normalized spacial score (nSPS) is 11.0. The van der Waals surface area contributed by atoms with Crippen LogP contribution in [0.25, 0.3) is 11.2 Å². The van der Waals surface area contributed by atoms with Crippen molar-refractivity contribution in [2.75, 3.05) is 31.3 Å². The fourth-order valence-electron chi connectivity index (χ4n) is 2.21. The smallest absolute Gasteiger partial charge is 0.226 e. The van der Waals surface area contributed by atoms with Crippen LogP contribution in [0.15, 0.2) is 30.6 Å². The van der Waals surface area contributed by atoms with Gasteiger partial charge in [0.05, 0.1) is 19.5 Å². The first-order valence-electron chi connectivity index (χ1n) is 7.13. The fourth-order valence-corrected chi connectivity index (χ4v) is 2.21. The number of rotatable bonds is 6. The molecule has 0 unspecified atom stereocenters. The van der Waals surface area contributed by atoms with Crippen LogP contribution in [0.3, 0.4) is 0 Å². The van der Waals surface area contributed by atoms with E-state index in [1.165, 1.54) is 12.1 Å². The van der Waals surface area contributed by atoms with Crippen molar-refractivity contribution in [3.63, 3.8) is 0 Å². The Morgan fingerprint density at radius 3 is 2.78 bits per heavy atom. The fraction of sp³-hybridized carbons (Fsp3) is 0.267. The zero-order valence-corrected chi connectivity index (χ0v) is 12.7. The summed E-state index contributed by atoms with van der Waals surface area (Å²) in [5, 5.41) is 3.05. The van der Waals surface area contributed by atoms with Gasteiger partial charge in [0.1, 0.15) is 11.3 Å². The van der Waals surface area contributed by atoms with E-state index in [1.54, 1.807) is 25.6 Å². The molecule has 0 bridgehead atoms. The molecule has 0 fully saturated rings. The molecule has 3 aromatic rings. The van der Waals surface area contributed by atoms with Gasteiger partial charge in [-0.3, -0.25) is 0 Å². The van der Waals surface area contributed by atoms with Crippen molar-refractivity contribution in [1.82, 2.24) is 19.5 Å². The highest BCUT2D eigenvalue weighted by atomic mass is 19.1. The van der Waals surface area contributed by atoms with Crippen molar-refractivity contribution < 1.29 is 9.13 Å². The molecule has 120 valence electrons. The molecule has 0 spiro atoms. The largest absolute Gasteiger partial charge is 0.383 e. The third kappa shape index (κ3) is 3.37. The Hall–Kier alpha value is -2.74. The van der Waals surface area contributed by atoms with E-state index in [1.807, 2.05) is 4.57 Å². The third-order valence-corrected chi connectivity index (χ3v) is 3.35. The summed E-state index contributed by atoms with van der Waals surface area (Å²) < 4.78 is 19.8. The van der Waals surface area contributed by atoms with Crippen molar-refractivity contribution >= 4 is 22.9 Å². The lowest BCUT2D eigenvalue weighted by molar-refractivity contribution is 0.210. The van der Waals surface area contributed by atoms with E-state index >= 15 is 0 Å². The SMILES string of the molecule is COCCNc1nc(N)c2ncn(Cc3ccc(F)cc3)c2n1. The molecule has 0 atom stereocenters. The maximum Gasteiger partial charge on any atom is 0.226 e. The molecule has 23 heavy (non-hydrogen) atoms. The lowest BCUT2D eigenvalue weighted by Gasteiger charge is -2.07. The molecule has 7 nitrogen and oxygen atoms in total. The number of halogens is 1. The van der Waals surface area contributed by atoms with E-state index in [4.69, 9.17) is 10.5 Å². The number of imidazole rings is 1. The van der Waals surface area contributed by atoms with Crippen molar-refractivity contribution in [1.29, 1.82) is 0 Å². The lowest BCUT2D eigenvalue weighted by atomic mass is 10.2. The second-order valence-electron chi connectivity index (χ2n) is 5.02. The number of anilines is 2. The summed E-state index contributed by atoms with van der Waals surface area (Å²) in [6.07, 6.45) is 1.65. The minimum atomic E-state index is -0.263. The number of aromatic nitrogens is 4. The van der Waals surface area contributed by atoms with E-state index in [-0.39, 0.29) is 5.82 Å². The topological polar surface area (TPSA) is 90.9 Å². The summed E-state index contributed by atoms with van der Waals surface area (Å²) in [7, 11) is 1.62. The molecule has 0 aliphatic carbocycles. The number of benzene rings is 1. The van der Waals surface area contributed by atoms with Crippen LogP contribution in [0.4, 0.5) is 16.2 Å². The molecule has 2 aromatic heterocycles. The molecular formula is C15H17FN6O. The lowest BCUT2D eigenvalue weighted by Crippen LogP contribution is -2.12. The first kappa shape index (κ1) is 15.2. The number of methoxy groups -OCH3 is 1. The van der Waals surface area contributed by atoms with Crippen LogP contribution in [-0.2, 0) is 11.3 Å². The van der Waals surface area contributed by atoms with Crippen LogP contribution in [0, 0.1) is 5.82 Å². The average molecular weight is 316 g/mol. The molecule has 0 radical (unpaired) electrons. The number of nitrogens with two attached hydrogens (primary N) is 1. The highest BCUT2D eigenvalue weighted by Crippen LogP contribution is 2.19. The Kier molecular flexibility index (Phi) is 4.33. The van der Waals surface area contributed by atoms with Gasteiger partial charge in [-0.05, 0) is 17.7 Å². The van der Waals surface area contributed by atoms with Gasteiger partial charge in [-0.25, -0.2) is 9.37 Å². The molecule has 0 aliphatic rings. The number of ether oxygens (including phenoxy) is 1. The Bertz CT molecular complexity index is 802. The minimum Gasteiger partial charge on any atom is -0.383 e. The number of hydrogen-bond donors (Lipinski definition) is 2. The Balaban J connectivity index is 1.89. The van der Waals surface area contributed by atoms with Gasteiger partial charge in [-0.15, -0.1) is 0 Å². The average Bonchev–Trinajstić information content (AvgIpc) is 2.93. The van der Waals surface area contributed by atoms with Crippen LogP contribution in [0.5, 0.6) is 0 Å². The second kappa shape index (κ2) is 6.57. The Morgan fingerprint density at radius 2 is 2.04 bits per heavy atom. The molecule has 1 aromatic carbocycles. The molecular weight excluding hydrogens is 299 g/mol. The van der Waals surface area contributed by atoms with Gasteiger partial charge in [-0.1, -0.05) is 12.1 Å². The molecule has 3 rings (SSSR count). The van der Waals surface area contributed by atoms with Crippen molar-refractivity contribution in [2.24, 2.45) is 0 Å². The predicted octanol–water partition coefficient (Wildman–Crippen LogP) is 1.65. The van der Waals surface area contributed by atoms with Gasteiger partial charge in [0.15, 0.2) is 11.5 Å². The number of nitrogens with one attached hydrogen (secondary N) is 1. The summed E-state index contributed by atoms with van der Waals surface area (Å²) in [4.78, 5) is 12.9. The third-order valence-electron chi connectivity index (χ3n) is 3.35. The molecule has 0 aliphatic heterocycles. The standard InChI is InChI=1S/C15H17FN6O/c1-23-7-6-18-15-20-13(17)12-14(21-15)22(9-19-12)8-10-2-4-11(16)5-3-10/h2-5,9H,6-8H2,1H3,(H3,17,18,20,21). The summed E-state index contributed by atoms with van der Waals surface area (Å²) >= 11 is 0. The van der Waals surface area contributed by atoms with Gasteiger partial charge in [0.25, 0.3) is 0 Å². The molecule has 0 saturated carbocycles. The van der Waals surface area contributed by atoms with Crippen LogP contribution >= 0.6 is 0 Å². The van der Waals surface area contributed by atoms with E-state index in [0.717, 1.165) is 5.56 Å². The van der Waals surface area contributed by atoms with Crippen molar-refractivity contribution in [2.45, 2.75) is 6.54 Å². The number of nitrogen functional groups attached to an aromatic ring is 1. The van der Waals surface area contributed by atoms with Crippen LogP contribution < -0.4 is 11.1 Å². The Morgan fingerprint density at radius 1 is 1.26 bits per heavy atom. The monoisotopic (exact) mass is 316 g/mol. The predicted molar refractivity (Wildman–Crippen MR) is 85.6 cm³/mol. The van der Waals surface area contributed by atoms with Crippen molar-refractivity contribution in [3.05, 3.63) is 42.0 Å². The van der Waals surface area contributed by atoms with E-state index < -0.39 is 0 Å². The summed E-state index contributed by atoms with van der Waals surface area (Å²) in [5.74, 6) is 0.473. The van der Waals surface area contributed by atoms with Gasteiger partial charge in [0, 0.05) is 13.7 Å². The zero-order valence-electron chi connectivity index (χ0n) is 12.7. The van der Waals surface area contributed by atoms with Gasteiger partial charge in [-0.2, -0.15) is 9.97 Å². The first-order valence-corrected chi connectivity index (χ1v) is 7.13. The summed E-state index contributed by atoms with van der Waals surface area (Å²) in [5.41, 5.74) is 8.05. The van der Waals surface area contributed by atoms with E-state index in [9.17, 15) is 4.39 Å². The molecule has 0 amide bonds. The number of nitrogens with zero attached hydrogens (tertiary/aromatic N) is 4. The summed E-state index contributed by atoms with van der Waals surface area (Å²) in [6.45, 7) is 1.63. The zero-order chi connectivity index (χ0) is 16.2. The quantitative estimate of drug-likeness (QED) is 0.672. The summed E-state index contributed by atoms with van der Waals surface area (Å²) in [6, 6.07) is 6.30. The Labute approximate surface area is 132 Å². The number of hydrogen-bond acceptors (Lipinski definition) is 6. The molecule has 0 saturated heterocycles. The second-order valence-corrected chi connectivity index (χ2v) is 5.02. The first-order chi connectivity index (χ1) is 11.2. The van der Waals surface area contributed by atoms with Crippen LogP contribution in [0.2, 0.25) is 0 Å². The van der Waals surface area contributed by atoms with E-state index in [2.05, 4.69) is 20.3 Å². The molecule has 8 heteroatoms.